The van der Waals surface area contributed by atoms with Gasteiger partial charge in [0, 0.05) is 6.42 Å². The van der Waals surface area contributed by atoms with Gasteiger partial charge in [0.2, 0.25) is 5.78 Å². The van der Waals surface area contributed by atoms with Crippen molar-refractivity contribution in [1.29, 1.82) is 0 Å². The number of carbonyl (C=O) groups excluding carboxylic acids is 3. The van der Waals surface area contributed by atoms with Crippen molar-refractivity contribution in [3.63, 3.8) is 0 Å². The number of ketones is 1. The smallest absolute Gasteiger partial charge is 0.375 e. The minimum Gasteiger partial charge on any atom is -0.465 e. The van der Waals surface area contributed by atoms with Crippen LogP contribution in [0.5, 0.6) is 0 Å². The zero-order valence-corrected chi connectivity index (χ0v) is 9.24. The van der Waals surface area contributed by atoms with Crippen molar-refractivity contribution >= 4 is 17.7 Å². The third-order valence-corrected chi connectivity index (χ3v) is 1.71. The van der Waals surface area contributed by atoms with E-state index < -0.39 is 23.6 Å². The lowest BCUT2D eigenvalue weighted by Crippen LogP contribution is -2.27. The third kappa shape index (κ3) is 5.15. The molecular weight excluding hydrogens is 200 g/mol. The van der Waals surface area contributed by atoms with Crippen LogP contribution in [0.15, 0.2) is 0 Å². The van der Waals surface area contributed by atoms with E-state index in [0.29, 0.717) is 0 Å². The molecule has 5 nitrogen and oxygen atoms in total. The Morgan fingerprint density at radius 3 is 2.20 bits per heavy atom. The summed E-state index contributed by atoms with van der Waals surface area (Å²) in [6, 6.07) is 0. The highest BCUT2D eigenvalue weighted by Gasteiger charge is 2.23. The number of hydrogen-bond donors (Lipinski definition) is 0. The SMILES string of the molecule is CCOC(=O)C(=O)C(C)COC(=O)CC. The van der Waals surface area contributed by atoms with E-state index >= 15 is 0 Å². The van der Waals surface area contributed by atoms with Crippen molar-refractivity contribution in [3.8, 4) is 0 Å². The predicted molar refractivity (Wildman–Crippen MR) is 52.1 cm³/mol. The summed E-state index contributed by atoms with van der Waals surface area (Å²) in [6.45, 7) is 4.87. The second-order valence-corrected chi connectivity index (χ2v) is 3.02. The van der Waals surface area contributed by atoms with E-state index in [1.54, 1.807) is 13.8 Å². The molecule has 0 rings (SSSR count). The van der Waals surface area contributed by atoms with Crippen LogP contribution < -0.4 is 0 Å². The maximum atomic E-state index is 11.3. The topological polar surface area (TPSA) is 69.7 Å². The van der Waals surface area contributed by atoms with Crippen molar-refractivity contribution in [2.75, 3.05) is 13.2 Å². The molecular formula is C10H16O5. The molecule has 0 aliphatic rings. The van der Waals surface area contributed by atoms with E-state index in [-0.39, 0.29) is 19.6 Å². The summed E-state index contributed by atoms with van der Waals surface area (Å²) in [5.74, 6) is -2.59. The summed E-state index contributed by atoms with van der Waals surface area (Å²) in [4.78, 5) is 33.0. The highest BCUT2D eigenvalue weighted by molar-refractivity contribution is 6.34. The van der Waals surface area contributed by atoms with Gasteiger partial charge >= 0.3 is 11.9 Å². The minimum atomic E-state index is -0.877. The van der Waals surface area contributed by atoms with Gasteiger partial charge in [-0.15, -0.1) is 0 Å². The van der Waals surface area contributed by atoms with Gasteiger partial charge < -0.3 is 9.47 Å². The molecule has 86 valence electrons. The maximum absolute atomic E-state index is 11.3. The number of rotatable bonds is 6. The lowest BCUT2D eigenvalue weighted by atomic mass is 10.1. The molecule has 5 heteroatoms. The predicted octanol–water partition coefficient (Wildman–Crippen LogP) is 0.708. The van der Waals surface area contributed by atoms with Gasteiger partial charge in [-0.25, -0.2) is 4.79 Å². The van der Waals surface area contributed by atoms with E-state index in [4.69, 9.17) is 4.74 Å². The first-order valence-corrected chi connectivity index (χ1v) is 4.89. The molecule has 15 heavy (non-hydrogen) atoms. The number of esters is 2. The van der Waals surface area contributed by atoms with Gasteiger partial charge in [-0.1, -0.05) is 13.8 Å². The van der Waals surface area contributed by atoms with Crippen molar-refractivity contribution in [1.82, 2.24) is 0 Å². The zero-order valence-electron chi connectivity index (χ0n) is 9.24. The Hall–Kier alpha value is -1.39. The quantitative estimate of drug-likeness (QED) is 0.483. The van der Waals surface area contributed by atoms with E-state index in [0.717, 1.165) is 0 Å². The molecule has 0 aromatic heterocycles. The molecule has 0 saturated carbocycles. The molecule has 1 unspecified atom stereocenters. The minimum absolute atomic E-state index is 0.0790. The molecule has 0 saturated heterocycles. The monoisotopic (exact) mass is 216 g/mol. The number of ether oxygens (including phenoxy) is 2. The Morgan fingerprint density at radius 1 is 1.13 bits per heavy atom. The fourth-order valence-corrected chi connectivity index (χ4v) is 0.799. The van der Waals surface area contributed by atoms with Gasteiger partial charge in [0.05, 0.1) is 12.5 Å². The van der Waals surface area contributed by atoms with E-state index in [1.807, 2.05) is 0 Å². The fourth-order valence-electron chi connectivity index (χ4n) is 0.799. The average molecular weight is 216 g/mol. The highest BCUT2D eigenvalue weighted by Crippen LogP contribution is 2.01. The first kappa shape index (κ1) is 13.6. The normalized spacial score (nSPS) is 11.7. The maximum Gasteiger partial charge on any atom is 0.375 e. The second kappa shape index (κ2) is 6.98. The lowest BCUT2D eigenvalue weighted by molar-refractivity contribution is -0.157. The zero-order chi connectivity index (χ0) is 11.8. The lowest BCUT2D eigenvalue weighted by Gasteiger charge is -2.09. The summed E-state index contributed by atoms with van der Waals surface area (Å²) in [5, 5.41) is 0. The summed E-state index contributed by atoms with van der Waals surface area (Å²) in [6.07, 6.45) is 0.250. The van der Waals surface area contributed by atoms with Gasteiger partial charge in [0.1, 0.15) is 6.61 Å². The van der Waals surface area contributed by atoms with E-state index in [9.17, 15) is 14.4 Å². The number of carbonyl (C=O) groups is 3. The summed E-state index contributed by atoms with van der Waals surface area (Å²) in [5.41, 5.74) is 0. The Kier molecular flexibility index (Phi) is 6.33. The molecule has 0 aliphatic heterocycles. The van der Waals surface area contributed by atoms with Crippen LogP contribution in [0.25, 0.3) is 0 Å². The van der Waals surface area contributed by atoms with Gasteiger partial charge in [-0.05, 0) is 6.92 Å². The fraction of sp³-hybridized carbons (Fsp3) is 0.700. The summed E-state index contributed by atoms with van der Waals surface area (Å²) >= 11 is 0. The third-order valence-electron chi connectivity index (χ3n) is 1.71. The molecule has 0 spiro atoms. The van der Waals surface area contributed by atoms with Gasteiger partial charge in [-0.2, -0.15) is 0 Å². The van der Waals surface area contributed by atoms with E-state index in [2.05, 4.69) is 4.74 Å². The second-order valence-electron chi connectivity index (χ2n) is 3.02. The Balaban J connectivity index is 3.99. The van der Waals surface area contributed by atoms with Crippen molar-refractivity contribution in [3.05, 3.63) is 0 Å². The molecule has 0 aliphatic carbocycles. The van der Waals surface area contributed by atoms with E-state index in [1.165, 1.54) is 6.92 Å². The first-order chi connectivity index (χ1) is 7.02. The summed E-state index contributed by atoms with van der Waals surface area (Å²) in [7, 11) is 0. The van der Waals surface area contributed by atoms with Crippen LogP contribution in [0.2, 0.25) is 0 Å². The molecule has 1 atom stereocenters. The van der Waals surface area contributed by atoms with Crippen LogP contribution in [0, 0.1) is 5.92 Å². The molecule has 0 N–H and O–H groups in total. The van der Waals surface area contributed by atoms with Crippen LogP contribution in [0.4, 0.5) is 0 Å². The van der Waals surface area contributed by atoms with Gasteiger partial charge in [0.25, 0.3) is 0 Å². The molecule has 0 radical (unpaired) electrons. The molecule has 0 aromatic rings. The molecule has 0 heterocycles. The molecule has 0 bridgehead atoms. The first-order valence-electron chi connectivity index (χ1n) is 4.89. The Bertz CT molecular complexity index is 246. The van der Waals surface area contributed by atoms with Crippen molar-refractivity contribution in [2.24, 2.45) is 5.92 Å². The van der Waals surface area contributed by atoms with Gasteiger partial charge in [-0.3, -0.25) is 9.59 Å². The van der Waals surface area contributed by atoms with Crippen LogP contribution >= 0.6 is 0 Å². The summed E-state index contributed by atoms with van der Waals surface area (Å²) < 4.78 is 9.26. The highest BCUT2D eigenvalue weighted by atomic mass is 16.5. The number of hydrogen-bond acceptors (Lipinski definition) is 5. The molecule has 0 fully saturated rings. The standard InChI is InChI=1S/C10H16O5/c1-4-8(11)15-6-7(3)9(12)10(13)14-5-2/h7H,4-6H2,1-3H3. The average Bonchev–Trinajstić information content (AvgIpc) is 2.24. The van der Waals surface area contributed by atoms with Crippen LogP contribution in [-0.2, 0) is 23.9 Å². The van der Waals surface area contributed by atoms with Crippen LogP contribution in [0.1, 0.15) is 27.2 Å². The molecule has 0 aromatic carbocycles. The Morgan fingerprint density at radius 2 is 1.73 bits per heavy atom. The van der Waals surface area contributed by atoms with Crippen LogP contribution in [0.3, 0.4) is 0 Å². The van der Waals surface area contributed by atoms with Crippen molar-refractivity contribution < 1.29 is 23.9 Å². The Labute approximate surface area is 88.7 Å². The number of Topliss-reactive ketones (excluding diaryl/α,β-unsaturated/α-hetero) is 1. The van der Waals surface area contributed by atoms with Crippen molar-refractivity contribution in [2.45, 2.75) is 27.2 Å². The molecule has 0 amide bonds. The van der Waals surface area contributed by atoms with Gasteiger partial charge in [0.15, 0.2) is 0 Å². The largest absolute Gasteiger partial charge is 0.465 e. The van der Waals surface area contributed by atoms with Crippen LogP contribution in [-0.4, -0.2) is 30.9 Å².